The maximum absolute atomic E-state index is 10.7. The Labute approximate surface area is 82.3 Å². The Morgan fingerprint density at radius 1 is 1.43 bits per heavy atom. The fourth-order valence-electron chi connectivity index (χ4n) is 1.68. The molecule has 14 heavy (non-hydrogen) atoms. The first-order valence-corrected chi connectivity index (χ1v) is 4.73. The van der Waals surface area contributed by atoms with Crippen LogP contribution in [0.2, 0.25) is 0 Å². The predicted molar refractivity (Wildman–Crippen MR) is 48.8 cm³/mol. The van der Waals surface area contributed by atoms with Crippen molar-refractivity contribution in [2.24, 2.45) is 0 Å². The number of carbonyl (C=O) groups excluding carboxylic acids is 1. The fourth-order valence-corrected chi connectivity index (χ4v) is 1.68. The summed E-state index contributed by atoms with van der Waals surface area (Å²) in [6, 6.07) is 7.54. The second kappa shape index (κ2) is 3.70. The number of hydrogen-bond donors (Lipinski definition) is 0. The minimum absolute atomic E-state index is 0.525. The van der Waals surface area contributed by atoms with Gasteiger partial charge in [-0.2, -0.15) is 0 Å². The molecule has 74 valence electrons. The van der Waals surface area contributed by atoms with Gasteiger partial charge in [0.1, 0.15) is 11.9 Å². The van der Waals surface area contributed by atoms with Crippen molar-refractivity contribution < 1.29 is 14.6 Å². The number of rotatable bonds is 1. The number of carboxylic acid groups (broad SMARTS) is 1. The molecule has 1 heterocycles. The smallest absolute Gasteiger partial charge is 0.138 e. The number of ether oxygens (including phenoxy) is 1. The number of carbonyl (C=O) groups is 1. The van der Waals surface area contributed by atoms with E-state index in [1.807, 2.05) is 18.2 Å². The molecule has 0 saturated carbocycles. The van der Waals surface area contributed by atoms with Gasteiger partial charge < -0.3 is 14.6 Å². The minimum atomic E-state index is -1.12. The number of para-hydroxylation sites is 1. The summed E-state index contributed by atoms with van der Waals surface area (Å²) in [6.45, 7) is 0. The molecule has 0 spiro atoms. The van der Waals surface area contributed by atoms with Crippen LogP contribution in [-0.2, 0) is 11.2 Å². The van der Waals surface area contributed by atoms with Crippen molar-refractivity contribution in [2.45, 2.75) is 25.4 Å². The summed E-state index contributed by atoms with van der Waals surface area (Å²) in [6.07, 6.45) is 1.44. The molecule has 0 fully saturated rings. The molecular weight excluding hydrogens is 180 g/mol. The van der Waals surface area contributed by atoms with Gasteiger partial charge in [-0.1, -0.05) is 18.2 Å². The molecule has 1 unspecified atom stereocenters. The maximum atomic E-state index is 10.7. The van der Waals surface area contributed by atoms with Crippen LogP contribution < -0.4 is 9.84 Å². The van der Waals surface area contributed by atoms with Crippen molar-refractivity contribution in [3.8, 4) is 5.75 Å². The second-order valence-electron chi connectivity index (χ2n) is 3.43. The first-order chi connectivity index (χ1) is 6.77. The van der Waals surface area contributed by atoms with E-state index in [1.165, 1.54) is 0 Å². The summed E-state index contributed by atoms with van der Waals surface area (Å²) in [5.41, 5.74) is 1.08. The molecule has 0 bridgehead atoms. The lowest BCUT2D eigenvalue weighted by atomic mass is 10.1. The van der Waals surface area contributed by atoms with Gasteiger partial charge in [0, 0.05) is 0 Å². The molecule has 0 saturated heterocycles. The van der Waals surface area contributed by atoms with Gasteiger partial charge in [-0.3, -0.25) is 0 Å². The Kier molecular flexibility index (Phi) is 2.39. The third-order valence-corrected chi connectivity index (χ3v) is 2.42. The van der Waals surface area contributed by atoms with Crippen LogP contribution in [0.25, 0.3) is 0 Å². The van der Waals surface area contributed by atoms with Gasteiger partial charge >= 0.3 is 0 Å². The summed E-state index contributed by atoms with van der Waals surface area (Å²) >= 11 is 0. The van der Waals surface area contributed by atoms with E-state index in [-0.39, 0.29) is 0 Å². The molecule has 1 aliphatic rings. The van der Waals surface area contributed by atoms with Crippen LogP contribution in [0.4, 0.5) is 0 Å². The summed E-state index contributed by atoms with van der Waals surface area (Å²) in [5.74, 6) is -0.444. The van der Waals surface area contributed by atoms with Crippen molar-refractivity contribution >= 4 is 5.97 Å². The van der Waals surface area contributed by atoms with Gasteiger partial charge in [-0.25, -0.2) is 0 Å². The largest absolute Gasteiger partial charge is 0.546 e. The topological polar surface area (TPSA) is 49.4 Å². The van der Waals surface area contributed by atoms with Crippen LogP contribution in [0.1, 0.15) is 18.4 Å². The fraction of sp³-hybridized carbons (Fsp3) is 0.364. The van der Waals surface area contributed by atoms with Crippen molar-refractivity contribution in [3.05, 3.63) is 29.8 Å². The third kappa shape index (κ3) is 1.71. The molecule has 0 radical (unpaired) electrons. The number of fused-ring (bicyclic) bond motifs is 1. The first kappa shape index (κ1) is 9.06. The average molecular weight is 191 g/mol. The monoisotopic (exact) mass is 191 g/mol. The van der Waals surface area contributed by atoms with E-state index in [9.17, 15) is 9.90 Å². The lowest BCUT2D eigenvalue weighted by Crippen LogP contribution is -2.39. The van der Waals surface area contributed by atoms with E-state index in [2.05, 4.69) is 0 Å². The highest BCUT2D eigenvalue weighted by atomic mass is 16.5. The van der Waals surface area contributed by atoms with E-state index >= 15 is 0 Å². The molecule has 0 aromatic heterocycles. The summed E-state index contributed by atoms with van der Waals surface area (Å²) in [4.78, 5) is 10.7. The van der Waals surface area contributed by atoms with E-state index in [4.69, 9.17) is 4.74 Å². The van der Waals surface area contributed by atoms with Crippen LogP contribution >= 0.6 is 0 Å². The highest BCUT2D eigenvalue weighted by Gasteiger charge is 2.17. The lowest BCUT2D eigenvalue weighted by Gasteiger charge is -2.17. The zero-order chi connectivity index (χ0) is 9.97. The number of aliphatic carboxylic acids is 1. The predicted octanol–water partition coefficient (Wildman–Crippen LogP) is 0.520. The van der Waals surface area contributed by atoms with E-state index in [1.54, 1.807) is 6.07 Å². The van der Waals surface area contributed by atoms with Crippen LogP contribution in [0.15, 0.2) is 24.3 Å². The molecule has 1 atom stereocenters. The van der Waals surface area contributed by atoms with E-state index in [0.717, 1.165) is 18.4 Å². The standard InChI is InChI=1S/C11H12O3/c12-11(13)10-7-3-5-8-4-1-2-6-9(8)14-10/h1-2,4,6,10H,3,5,7H2,(H,12,13)/p-1. The van der Waals surface area contributed by atoms with E-state index < -0.39 is 12.1 Å². The Balaban J connectivity index is 2.26. The van der Waals surface area contributed by atoms with Crippen LogP contribution in [-0.4, -0.2) is 12.1 Å². The van der Waals surface area contributed by atoms with Crippen LogP contribution in [0, 0.1) is 0 Å². The average Bonchev–Trinajstić information content (AvgIpc) is 2.39. The van der Waals surface area contributed by atoms with Gasteiger partial charge in [-0.15, -0.1) is 0 Å². The van der Waals surface area contributed by atoms with E-state index in [0.29, 0.717) is 12.2 Å². The van der Waals surface area contributed by atoms with Crippen molar-refractivity contribution in [1.29, 1.82) is 0 Å². The Morgan fingerprint density at radius 3 is 3.00 bits per heavy atom. The van der Waals surface area contributed by atoms with Crippen molar-refractivity contribution in [2.75, 3.05) is 0 Å². The Hall–Kier alpha value is -1.51. The minimum Gasteiger partial charge on any atom is -0.546 e. The SMILES string of the molecule is O=C([O-])C1CCCc2ccccc2O1. The number of carboxylic acids is 1. The Bertz CT molecular complexity index is 346. The van der Waals surface area contributed by atoms with Crippen molar-refractivity contribution in [1.82, 2.24) is 0 Å². The molecule has 1 aromatic rings. The van der Waals surface area contributed by atoms with Crippen LogP contribution in [0.3, 0.4) is 0 Å². The summed E-state index contributed by atoms with van der Waals surface area (Å²) in [5, 5.41) is 10.7. The van der Waals surface area contributed by atoms with Crippen molar-refractivity contribution in [3.63, 3.8) is 0 Å². The van der Waals surface area contributed by atoms with Crippen LogP contribution in [0.5, 0.6) is 5.75 Å². The zero-order valence-electron chi connectivity index (χ0n) is 7.73. The number of hydrogen-bond acceptors (Lipinski definition) is 3. The second-order valence-corrected chi connectivity index (χ2v) is 3.43. The van der Waals surface area contributed by atoms with Gasteiger partial charge in [-0.05, 0) is 30.9 Å². The first-order valence-electron chi connectivity index (χ1n) is 4.73. The highest BCUT2D eigenvalue weighted by Crippen LogP contribution is 2.25. The van der Waals surface area contributed by atoms with Gasteiger partial charge in [0.2, 0.25) is 0 Å². The third-order valence-electron chi connectivity index (χ3n) is 2.42. The van der Waals surface area contributed by atoms with Gasteiger partial charge in [0.25, 0.3) is 0 Å². The highest BCUT2D eigenvalue weighted by molar-refractivity contribution is 5.70. The lowest BCUT2D eigenvalue weighted by molar-refractivity contribution is -0.313. The maximum Gasteiger partial charge on any atom is 0.138 e. The quantitative estimate of drug-likeness (QED) is 0.650. The van der Waals surface area contributed by atoms with Gasteiger partial charge in [0.15, 0.2) is 0 Å². The molecule has 2 rings (SSSR count). The zero-order valence-corrected chi connectivity index (χ0v) is 7.73. The molecular formula is C11H11O3-. The molecule has 0 N–H and O–H groups in total. The molecule has 1 aromatic carbocycles. The molecule has 0 aliphatic carbocycles. The molecule has 3 heteroatoms. The normalized spacial score (nSPS) is 20.4. The van der Waals surface area contributed by atoms with Gasteiger partial charge in [0.05, 0.1) is 5.97 Å². The number of benzene rings is 1. The summed E-state index contributed by atoms with van der Waals surface area (Å²) < 4.78 is 5.36. The number of aryl methyl sites for hydroxylation is 1. The Morgan fingerprint density at radius 2 is 2.21 bits per heavy atom. The summed E-state index contributed by atoms with van der Waals surface area (Å²) in [7, 11) is 0. The molecule has 1 aliphatic heterocycles. The molecule has 3 nitrogen and oxygen atoms in total. The molecule has 0 amide bonds.